The average molecular weight is 293 g/mol. The van der Waals surface area contributed by atoms with Crippen LogP contribution in [0.4, 0.5) is 0 Å². The van der Waals surface area contributed by atoms with Crippen molar-refractivity contribution < 1.29 is 14.6 Å². The summed E-state index contributed by atoms with van der Waals surface area (Å²) in [7, 11) is 1.63. The molecule has 1 rings (SSSR count). The Labute approximate surface area is 127 Å². The van der Waals surface area contributed by atoms with E-state index in [1.54, 1.807) is 14.0 Å². The van der Waals surface area contributed by atoms with E-state index < -0.39 is 0 Å². The quantitative estimate of drug-likeness (QED) is 0.774. The van der Waals surface area contributed by atoms with Crippen molar-refractivity contribution in [3.63, 3.8) is 0 Å². The molecule has 1 atom stereocenters. The zero-order valence-electron chi connectivity index (χ0n) is 13.5. The van der Waals surface area contributed by atoms with Crippen LogP contribution in [0.2, 0.25) is 0 Å². The van der Waals surface area contributed by atoms with Crippen molar-refractivity contribution >= 4 is 5.91 Å². The molecule has 0 saturated carbocycles. The molecule has 1 unspecified atom stereocenters. The molecule has 0 fully saturated rings. The van der Waals surface area contributed by atoms with E-state index >= 15 is 0 Å². The first-order chi connectivity index (χ1) is 9.82. The molecule has 0 spiro atoms. The summed E-state index contributed by atoms with van der Waals surface area (Å²) >= 11 is 0. The fraction of sp³-hybridized carbons (Fsp3) is 0.588. The monoisotopic (exact) mass is 293 g/mol. The predicted molar refractivity (Wildman–Crippen MR) is 84.4 cm³/mol. The zero-order valence-corrected chi connectivity index (χ0v) is 13.5. The lowest BCUT2D eigenvalue weighted by molar-refractivity contribution is -0.121. The molecule has 0 saturated heterocycles. The Morgan fingerprint density at radius 3 is 2.76 bits per heavy atom. The second kappa shape index (κ2) is 8.03. The van der Waals surface area contributed by atoms with Crippen molar-refractivity contribution in [2.45, 2.75) is 46.1 Å². The summed E-state index contributed by atoms with van der Waals surface area (Å²) in [6.07, 6.45) is 1.47. The van der Waals surface area contributed by atoms with Gasteiger partial charge in [-0.05, 0) is 42.9 Å². The number of aryl methyl sites for hydroxylation is 1. The lowest BCUT2D eigenvalue weighted by Crippen LogP contribution is -2.35. The van der Waals surface area contributed by atoms with Crippen molar-refractivity contribution in [2.75, 3.05) is 13.7 Å². The maximum Gasteiger partial charge on any atom is 0.220 e. The second-order valence-electron chi connectivity index (χ2n) is 6.35. The highest BCUT2D eigenvalue weighted by Crippen LogP contribution is 2.21. The van der Waals surface area contributed by atoms with E-state index in [-0.39, 0.29) is 17.4 Å². The van der Waals surface area contributed by atoms with Crippen LogP contribution in [0.3, 0.4) is 0 Å². The molecule has 21 heavy (non-hydrogen) atoms. The number of aliphatic hydroxyl groups excluding tert-OH is 1. The molecule has 118 valence electrons. The molecule has 4 nitrogen and oxygen atoms in total. The summed E-state index contributed by atoms with van der Waals surface area (Å²) in [4.78, 5) is 11.9. The van der Waals surface area contributed by atoms with Gasteiger partial charge in [-0.2, -0.15) is 0 Å². The van der Waals surface area contributed by atoms with E-state index in [0.29, 0.717) is 25.8 Å². The standard InChI is InChI=1S/C17H27NO3/c1-13(19)11-17(2,3)12-18-16(20)9-8-14-6-5-7-15(10-14)21-4/h5-7,10,13,19H,8-9,11-12H2,1-4H3,(H,18,20). The van der Waals surface area contributed by atoms with Gasteiger partial charge in [-0.1, -0.05) is 26.0 Å². The summed E-state index contributed by atoms with van der Waals surface area (Å²) in [5.74, 6) is 0.850. The van der Waals surface area contributed by atoms with Crippen LogP contribution in [-0.2, 0) is 11.2 Å². The highest BCUT2D eigenvalue weighted by atomic mass is 16.5. The number of carbonyl (C=O) groups is 1. The van der Waals surface area contributed by atoms with E-state index in [0.717, 1.165) is 11.3 Å². The maximum absolute atomic E-state index is 11.9. The first-order valence-corrected chi connectivity index (χ1v) is 7.40. The number of nitrogens with one attached hydrogen (secondary N) is 1. The zero-order chi connectivity index (χ0) is 15.9. The predicted octanol–water partition coefficient (Wildman–Crippen LogP) is 2.54. The molecule has 0 aliphatic heterocycles. The van der Waals surface area contributed by atoms with Crippen molar-refractivity contribution in [1.82, 2.24) is 5.32 Å². The minimum Gasteiger partial charge on any atom is -0.497 e. The smallest absolute Gasteiger partial charge is 0.220 e. The third-order valence-corrected chi connectivity index (χ3v) is 3.39. The molecule has 0 radical (unpaired) electrons. The first-order valence-electron chi connectivity index (χ1n) is 7.40. The topological polar surface area (TPSA) is 58.6 Å². The van der Waals surface area contributed by atoms with Crippen LogP contribution in [0, 0.1) is 5.41 Å². The van der Waals surface area contributed by atoms with E-state index in [9.17, 15) is 9.90 Å². The molecule has 1 aromatic carbocycles. The van der Waals surface area contributed by atoms with Gasteiger partial charge in [0, 0.05) is 13.0 Å². The number of methoxy groups -OCH3 is 1. The van der Waals surface area contributed by atoms with Gasteiger partial charge in [-0.25, -0.2) is 0 Å². The van der Waals surface area contributed by atoms with Gasteiger partial charge in [0.05, 0.1) is 13.2 Å². The largest absolute Gasteiger partial charge is 0.497 e. The molecule has 4 heteroatoms. The molecule has 0 aromatic heterocycles. The minimum atomic E-state index is -0.353. The van der Waals surface area contributed by atoms with Gasteiger partial charge in [-0.15, -0.1) is 0 Å². The van der Waals surface area contributed by atoms with Crippen LogP contribution in [0.5, 0.6) is 5.75 Å². The van der Waals surface area contributed by atoms with Gasteiger partial charge in [-0.3, -0.25) is 4.79 Å². The lowest BCUT2D eigenvalue weighted by Gasteiger charge is -2.26. The van der Waals surface area contributed by atoms with E-state index in [1.807, 2.05) is 38.1 Å². The van der Waals surface area contributed by atoms with E-state index in [1.165, 1.54) is 0 Å². The number of benzene rings is 1. The number of amides is 1. The maximum atomic E-state index is 11.9. The van der Waals surface area contributed by atoms with Crippen LogP contribution >= 0.6 is 0 Å². The van der Waals surface area contributed by atoms with Crippen LogP contribution < -0.4 is 10.1 Å². The fourth-order valence-corrected chi connectivity index (χ4v) is 2.38. The normalized spacial score (nSPS) is 12.8. The number of rotatable bonds is 8. The highest BCUT2D eigenvalue weighted by molar-refractivity contribution is 5.76. The van der Waals surface area contributed by atoms with Crippen molar-refractivity contribution in [2.24, 2.45) is 5.41 Å². The van der Waals surface area contributed by atoms with Gasteiger partial charge in [0.25, 0.3) is 0 Å². The van der Waals surface area contributed by atoms with E-state index in [2.05, 4.69) is 5.32 Å². The number of hydrogen-bond donors (Lipinski definition) is 2. The number of carbonyl (C=O) groups excluding carboxylic acids is 1. The summed E-state index contributed by atoms with van der Waals surface area (Å²) in [6, 6.07) is 7.76. The number of ether oxygens (including phenoxy) is 1. The molecule has 1 amide bonds. The van der Waals surface area contributed by atoms with Crippen molar-refractivity contribution in [3.05, 3.63) is 29.8 Å². The van der Waals surface area contributed by atoms with Crippen LogP contribution in [0.25, 0.3) is 0 Å². The van der Waals surface area contributed by atoms with Crippen LogP contribution in [0.15, 0.2) is 24.3 Å². The molecule has 0 heterocycles. The molecular formula is C17H27NO3. The van der Waals surface area contributed by atoms with Crippen molar-refractivity contribution in [3.8, 4) is 5.75 Å². The average Bonchev–Trinajstić information content (AvgIpc) is 2.42. The molecule has 0 aliphatic carbocycles. The van der Waals surface area contributed by atoms with Crippen molar-refractivity contribution in [1.29, 1.82) is 0 Å². The van der Waals surface area contributed by atoms with Crippen LogP contribution in [-0.4, -0.2) is 30.8 Å². The van der Waals surface area contributed by atoms with Gasteiger partial charge < -0.3 is 15.2 Å². The SMILES string of the molecule is COc1cccc(CCC(=O)NCC(C)(C)CC(C)O)c1. The van der Waals surface area contributed by atoms with Gasteiger partial charge in [0.15, 0.2) is 0 Å². The van der Waals surface area contributed by atoms with Crippen LogP contribution in [0.1, 0.15) is 39.2 Å². The number of aliphatic hydroxyl groups is 1. The Balaban J connectivity index is 2.37. The summed E-state index contributed by atoms with van der Waals surface area (Å²) in [5, 5.41) is 12.4. The Hall–Kier alpha value is -1.55. The third-order valence-electron chi connectivity index (χ3n) is 3.39. The Bertz CT molecular complexity index is 455. The molecule has 2 N–H and O–H groups in total. The van der Waals surface area contributed by atoms with Gasteiger partial charge in [0.2, 0.25) is 5.91 Å². The number of hydrogen-bond acceptors (Lipinski definition) is 3. The lowest BCUT2D eigenvalue weighted by atomic mass is 9.87. The first kappa shape index (κ1) is 17.5. The van der Waals surface area contributed by atoms with E-state index in [4.69, 9.17) is 4.74 Å². The third kappa shape index (κ3) is 7.14. The summed E-state index contributed by atoms with van der Waals surface area (Å²) in [6.45, 7) is 6.44. The molecule has 0 bridgehead atoms. The fourth-order valence-electron chi connectivity index (χ4n) is 2.38. The van der Waals surface area contributed by atoms with Gasteiger partial charge >= 0.3 is 0 Å². The molecule has 1 aromatic rings. The summed E-state index contributed by atoms with van der Waals surface area (Å²) in [5.41, 5.74) is 0.993. The Morgan fingerprint density at radius 1 is 1.43 bits per heavy atom. The van der Waals surface area contributed by atoms with Gasteiger partial charge in [0.1, 0.15) is 5.75 Å². The Kier molecular flexibility index (Phi) is 6.69. The molecule has 0 aliphatic rings. The Morgan fingerprint density at radius 2 is 2.14 bits per heavy atom. The minimum absolute atomic E-state index is 0.0384. The summed E-state index contributed by atoms with van der Waals surface area (Å²) < 4.78 is 5.17. The highest BCUT2D eigenvalue weighted by Gasteiger charge is 2.20. The second-order valence-corrected chi connectivity index (χ2v) is 6.35. The molecular weight excluding hydrogens is 266 g/mol.